The van der Waals surface area contributed by atoms with Gasteiger partial charge in [-0.05, 0) is 44.2 Å². The largest absolute Gasteiger partial charge is 0.508 e. The minimum Gasteiger partial charge on any atom is -0.508 e. The molecule has 5 heteroatoms. The number of ketones is 1. The molecular formula is C20H21NO4. The highest BCUT2D eigenvalue weighted by atomic mass is 16.5. The average Bonchev–Trinajstić information content (AvgIpc) is 2.92. The van der Waals surface area contributed by atoms with Crippen LogP contribution in [0.1, 0.15) is 29.8 Å². The van der Waals surface area contributed by atoms with E-state index >= 15 is 0 Å². The van der Waals surface area contributed by atoms with E-state index in [-0.39, 0.29) is 17.3 Å². The van der Waals surface area contributed by atoms with Crippen molar-refractivity contribution in [1.29, 1.82) is 0 Å². The van der Waals surface area contributed by atoms with Gasteiger partial charge in [-0.15, -0.1) is 0 Å². The van der Waals surface area contributed by atoms with Crippen LogP contribution in [0.15, 0.2) is 42.2 Å². The molecule has 0 unspecified atom stereocenters. The van der Waals surface area contributed by atoms with Gasteiger partial charge in [0, 0.05) is 36.5 Å². The molecule has 130 valence electrons. The SMILES string of the molecule is CCN(CC)c1ccc(/C=C2\Oc3cc(O)ccc3C2=O)c(OC)c1. The number of Topliss-reactive ketones (excluding diaryl/α,β-unsaturated/α-hetero) is 1. The summed E-state index contributed by atoms with van der Waals surface area (Å²) < 4.78 is 11.1. The third-order valence-electron chi connectivity index (χ3n) is 4.29. The zero-order valence-corrected chi connectivity index (χ0v) is 14.6. The Labute approximate surface area is 147 Å². The van der Waals surface area contributed by atoms with Crippen LogP contribution in [0, 0.1) is 0 Å². The van der Waals surface area contributed by atoms with Crippen molar-refractivity contribution in [3.8, 4) is 17.2 Å². The highest BCUT2D eigenvalue weighted by molar-refractivity contribution is 6.14. The van der Waals surface area contributed by atoms with Crippen molar-refractivity contribution in [1.82, 2.24) is 0 Å². The number of ether oxygens (including phenoxy) is 2. The van der Waals surface area contributed by atoms with Crippen LogP contribution in [0.4, 0.5) is 5.69 Å². The van der Waals surface area contributed by atoms with E-state index in [9.17, 15) is 9.90 Å². The van der Waals surface area contributed by atoms with E-state index in [0.29, 0.717) is 17.1 Å². The van der Waals surface area contributed by atoms with Crippen LogP contribution in [0.3, 0.4) is 0 Å². The maximum Gasteiger partial charge on any atom is 0.231 e. The number of rotatable bonds is 5. The summed E-state index contributed by atoms with van der Waals surface area (Å²) in [5.41, 5.74) is 2.28. The third kappa shape index (κ3) is 3.18. The Balaban J connectivity index is 1.95. The minimum atomic E-state index is -0.204. The molecule has 2 aromatic carbocycles. The number of carbonyl (C=O) groups is 1. The van der Waals surface area contributed by atoms with E-state index < -0.39 is 0 Å². The predicted octanol–water partition coefficient (Wildman–Crippen LogP) is 3.86. The fourth-order valence-corrected chi connectivity index (χ4v) is 2.92. The molecule has 1 aliphatic heterocycles. The van der Waals surface area contributed by atoms with Crippen molar-refractivity contribution in [3.05, 3.63) is 53.3 Å². The molecule has 0 amide bonds. The summed E-state index contributed by atoms with van der Waals surface area (Å²) in [7, 11) is 1.60. The molecule has 0 bridgehead atoms. The Morgan fingerprint density at radius 2 is 1.92 bits per heavy atom. The van der Waals surface area contributed by atoms with E-state index in [1.807, 2.05) is 18.2 Å². The molecule has 1 heterocycles. The number of benzene rings is 2. The van der Waals surface area contributed by atoms with E-state index in [1.54, 1.807) is 19.3 Å². The van der Waals surface area contributed by atoms with Gasteiger partial charge in [0.05, 0.1) is 12.7 Å². The Morgan fingerprint density at radius 1 is 1.16 bits per heavy atom. The fourth-order valence-electron chi connectivity index (χ4n) is 2.92. The van der Waals surface area contributed by atoms with Gasteiger partial charge in [0.2, 0.25) is 5.78 Å². The monoisotopic (exact) mass is 339 g/mol. The summed E-state index contributed by atoms with van der Waals surface area (Å²) in [6.45, 7) is 6.01. The lowest BCUT2D eigenvalue weighted by Gasteiger charge is -2.22. The average molecular weight is 339 g/mol. The standard InChI is InChI=1S/C20H21NO4/c1-4-21(5-2)14-7-6-13(17(11-14)24-3)10-19-20(23)16-9-8-15(22)12-18(16)25-19/h6-12,22H,4-5H2,1-3H3/b19-10-. The number of hydrogen-bond donors (Lipinski definition) is 1. The molecule has 0 aromatic heterocycles. The van der Waals surface area contributed by atoms with Gasteiger partial charge in [0.1, 0.15) is 17.2 Å². The van der Waals surface area contributed by atoms with Crippen LogP contribution in [0.5, 0.6) is 17.2 Å². The normalized spacial score (nSPS) is 14.4. The molecule has 0 spiro atoms. The molecule has 1 N–H and O–H groups in total. The molecule has 0 saturated carbocycles. The fraction of sp³-hybridized carbons (Fsp3) is 0.250. The van der Waals surface area contributed by atoms with Crippen LogP contribution in [0.2, 0.25) is 0 Å². The topological polar surface area (TPSA) is 59.0 Å². The van der Waals surface area contributed by atoms with Crippen LogP contribution in [0.25, 0.3) is 6.08 Å². The smallest absolute Gasteiger partial charge is 0.231 e. The van der Waals surface area contributed by atoms with Gasteiger partial charge in [-0.25, -0.2) is 0 Å². The van der Waals surface area contributed by atoms with Gasteiger partial charge < -0.3 is 19.5 Å². The predicted molar refractivity (Wildman–Crippen MR) is 97.6 cm³/mol. The Morgan fingerprint density at radius 3 is 2.60 bits per heavy atom. The molecule has 0 radical (unpaired) electrons. The number of phenolic OH excluding ortho intramolecular Hbond substituents is 1. The van der Waals surface area contributed by atoms with Gasteiger partial charge in [-0.3, -0.25) is 4.79 Å². The second kappa shape index (κ2) is 6.89. The molecule has 2 aromatic rings. The van der Waals surface area contributed by atoms with E-state index in [0.717, 1.165) is 24.3 Å². The second-order valence-electron chi connectivity index (χ2n) is 5.72. The van der Waals surface area contributed by atoms with Gasteiger partial charge in [-0.1, -0.05) is 0 Å². The maximum absolute atomic E-state index is 12.5. The number of allylic oxidation sites excluding steroid dienone is 1. The van der Waals surface area contributed by atoms with Gasteiger partial charge in [-0.2, -0.15) is 0 Å². The summed E-state index contributed by atoms with van der Waals surface area (Å²) in [6.07, 6.45) is 1.67. The van der Waals surface area contributed by atoms with Crippen molar-refractivity contribution >= 4 is 17.5 Å². The maximum atomic E-state index is 12.5. The first kappa shape index (κ1) is 16.9. The van der Waals surface area contributed by atoms with Gasteiger partial charge in [0.25, 0.3) is 0 Å². The molecule has 5 nitrogen and oxygen atoms in total. The number of phenols is 1. The lowest BCUT2D eigenvalue weighted by Crippen LogP contribution is -2.21. The number of aromatic hydroxyl groups is 1. The van der Waals surface area contributed by atoms with E-state index in [1.165, 1.54) is 12.1 Å². The molecule has 25 heavy (non-hydrogen) atoms. The number of carbonyl (C=O) groups excluding carboxylic acids is 1. The minimum absolute atomic E-state index is 0.0638. The molecule has 0 fully saturated rings. The summed E-state index contributed by atoms with van der Waals surface area (Å²) in [6, 6.07) is 10.3. The quantitative estimate of drug-likeness (QED) is 0.838. The summed E-state index contributed by atoms with van der Waals surface area (Å²) >= 11 is 0. The first-order valence-electron chi connectivity index (χ1n) is 8.27. The first-order valence-corrected chi connectivity index (χ1v) is 8.27. The summed E-state index contributed by atoms with van der Waals surface area (Å²) in [5, 5.41) is 9.53. The van der Waals surface area contributed by atoms with Crippen molar-refractivity contribution in [3.63, 3.8) is 0 Å². The summed E-state index contributed by atoms with van der Waals surface area (Å²) in [5.74, 6) is 1.12. The molecular weight excluding hydrogens is 318 g/mol. The Kier molecular flexibility index (Phi) is 4.65. The number of anilines is 1. The molecule has 0 aliphatic carbocycles. The van der Waals surface area contributed by atoms with Crippen molar-refractivity contribution in [2.45, 2.75) is 13.8 Å². The van der Waals surface area contributed by atoms with Crippen LogP contribution >= 0.6 is 0 Å². The van der Waals surface area contributed by atoms with Crippen LogP contribution < -0.4 is 14.4 Å². The summed E-state index contributed by atoms with van der Waals surface area (Å²) in [4.78, 5) is 14.7. The molecule has 0 saturated heterocycles. The second-order valence-corrected chi connectivity index (χ2v) is 5.72. The lowest BCUT2D eigenvalue weighted by molar-refractivity contribution is 0.101. The highest BCUT2D eigenvalue weighted by Crippen LogP contribution is 2.36. The molecule has 0 atom stereocenters. The van der Waals surface area contributed by atoms with E-state index in [2.05, 4.69) is 18.7 Å². The lowest BCUT2D eigenvalue weighted by atomic mass is 10.1. The zero-order valence-electron chi connectivity index (χ0n) is 14.6. The Bertz CT molecular complexity index is 838. The first-order chi connectivity index (χ1) is 12.1. The molecule has 3 rings (SSSR count). The number of fused-ring (bicyclic) bond motifs is 1. The van der Waals surface area contributed by atoms with Crippen molar-refractivity contribution < 1.29 is 19.4 Å². The van der Waals surface area contributed by atoms with Crippen LogP contribution in [-0.4, -0.2) is 31.1 Å². The molecule has 1 aliphatic rings. The number of methoxy groups -OCH3 is 1. The van der Waals surface area contributed by atoms with Gasteiger partial charge >= 0.3 is 0 Å². The third-order valence-corrected chi connectivity index (χ3v) is 4.29. The Hall–Kier alpha value is -2.95. The zero-order chi connectivity index (χ0) is 18.0. The van der Waals surface area contributed by atoms with Crippen LogP contribution in [-0.2, 0) is 0 Å². The number of nitrogens with zero attached hydrogens (tertiary/aromatic N) is 1. The van der Waals surface area contributed by atoms with Gasteiger partial charge in [0.15, 0.2) is 5.76 Å². The highest BCUT2D eigenvalue weighted by Gasteiger charge is 2.27. The number of hydrogen-bond acceptors (Lipinski definition) is 5. The van der Waals surface area contributed by atoms with Crippen molar-refractivity contribution in [2.75, 3.05) is 25.1 Å². The van der Waals surface area contributed by atoms with Crippen molar-refractivity contribution in [2.24, 2.45) is 0 Å². The van der Waals surface area contributed by atoms with E-state index in [4.69, 9.17) is 9.47 Å².